The van der Waals surface area contributed by atoms with Crippen LogP contribution in [0, 0.1) is 5.82 Å². The molecule has 204 valence electrons. The van der Waals surface area contributed by atoms with Crippen LogP contribution < -0.4 is 10.0 Å². The first-order valence-electron chi connectivity index (χ1n) is 11.9. The highest BCUT2D eigenvalue weighted by Gasteiger charge is 2.42. The summed E-state index contributed by atoms with van der Waals surface area (Å²) in [6, 6.07) is 2.76. The van der Waals surface area contributed by atoms with Crippen LogP contribution in [0.25, 0.3) is 0 Å². The topological polar surface area (TPSA) is 122 Å². The lowest BCUT2D eigenvalue weighted by Crippen LogP contribution is -2.61. The van der Waals surface area contributed by atoms with Gasteiger partial charge in [0.25, 0.3) is 0 Å². The Morgan fingerprint density at radius 1 is 1.34 bits per heavy atom. The van der Waals surface area contributed by atoms with Crippen LogP contribution in [0.1, 0.15) is 29.5 Å². The fraction of sp³-hybridized carbons (Fsp3) is 0.458. The van der Waals surface area contributed by atoms with E-state index >= 15 is 0 Å². The number of nitrogens with one attached hydrogen (secondary N) is 2. The average Bonchev–Trinajstić information content (AvgIpc) is 3.38. The highest BCUT2D eigenvalue weighted by Crippen LogP contribution is 2.38. The second-order valence-corrected chi connectivity index (χ2v) is 12.5. The minimum atomic E-state index is -3.35. The van der Waals surface area contributed by atoms with Gasteiger partial charge in [-0.2, -0.15) is 0 Å². The van der Waals surface area contributed by atoms with E-state index in [0.717, 1.165) is 6.26 Å². The smallest absolute Gasteiger partial charge is 0.338 e. The second-order valence-electron chi connectivity index (χ2n) is 9.47. The number of piperidine rings is 1. The van der Waals surface area contributed by atoms with Gasteiger partial charge in [0.05, 0.1) is 32.2 Å². The Labute approximate surface area is 228 Å². The third-order valence-corrected chi connectivity index (χ3v) is 8.69. The molecular weight excluding hydrogens is 557 g/mol. The number of carbonyl (C=O) groups excluding carboxylic acids is 1. The number of aromatic nitrogens is 1. The molecule has 5 rings (SSSR count). The summed E-state index contributed by atoms with van der Waals surface area (Å²) in [5.74, 6) is -0.628. The number of nitrogens with zero attached hydrogens (tertiary/aromatic N) is 3. The Morgan fingerprint density at radius 2 is 2.08 bits per heavy atom. The minimum absolute atomic E-state index is 0.0787. The molecule has 1 aromatic carbocycles. The second kappa shape index (κ2) is 11.0. The summed E-state index contributed by atoms with van der Waals surface area (Å²) >= 11 is 7.82. The first kappa shape index (κ1) is 27.2. The Morgan fingerprint density at radius 3 is 2.68 bits per heavy atom. The number of halogens is 2. The zero-order valence-corrected chi connectivity index (χ0v) is 23.1. The molecule has 3 aliphatic rings. The molecule has 4 heterocycles. The number of benzene rings is 1. The van der Waals surface area contributed by atoms with Gasteiger partial charge in [-0.25, -0.2) is 27.3 Å². The lowest BCUT2D eigenvalue weighted by atomic mass is 9.89. The molecule has 2 N–H and O–H groups in total. The number of sulfonamides is 1. The lowest BCUT2D eigenvalue weighted by molar-refractivity contribution is -0.136. The van der Waals surface area contributed by atoms with Crippen molar-refractivity contribution in [2.45, 2.75) is 37.0 Å². The number of rotatable bonds is 7. The van der Waals surface area contributed by atoms with Crippen LogP contribution in [-0.2, 0) is 24.3 Å². The molecule has 0 aliphatic carbocycles. The Hall–Kier alpha value is -2.42. The molecule has 4 atom stereocenters. The van der Waals surface area contributed by atoms with Gasteiger partial charge in [-0.15, -0.1) is 11.3 Å². The SMILES string of the molecule is COC(=O)C1=C(CN2C3COC[C@H]2CC(NS(C)(=O)=O)C3)NC(c2nccs2)=NC1c1ccc(F)cc1Cl. The molecule has 0 radical (unpaired) electrons. The molecule has 10 nitrogen and oxygen atoms in total. The predicted octanol–water partition coefficient (Wildman–Crippen LogP) is 2.23. The van der Waals surface area contributed by atoms with Gasteiger partial charge in [0.1, 0.15) is 11.9 Å². The molecule has 38 heavy (non-hydrogen) atoms. The minimum Gasteiger partial charge on any atom is -0.466 e. The van der Waals surface area contributed by atoms with Crippen molar-refractivity contribution in [3.05, 3.63) is 62.5 Å². The van der Waals surface area contributed by atoms with E-state index in [1.165, 1.54) is 36.6 Å². The van der Waals surface area contributed by atoms with Crippen molar-refractivity contribution in [2.24, 2.45) is 4.99 Å². The molecule has 2 saturated heterocycles. The maximum absolute atomic E-state index is 13.9. The van der Waals surface area contributed by atoms with Gasteiger partial charge in [-0.05, 0) is 25.0 Å². The summed E-state index contributed by atoms with van der Waals surface area (Å²) in [4.78, 5) is 24.6. The van der Waals surface area contributed by atoms with Gasteiger partial charge in [0.2, 0.25) is 10.0 Å². The molecule has 2 fully saturated rings. The van der Waals surface area contributed by atoms with Crippen LogP contribution >= 0.6 is 22.9 Å². The third-order valence-electron chi connectivity index (χ3n) is 6.82. The number of ether oxygens (including phenoxy) is 2. The molecule has 3 unspecified atom stereocenters. The molecule has 2 aromatic rings. The maximum atomic E-state index is 13.9. The van der Waals surface area contributed by atoms with Crippen LogP contribution in [0.15, 0.2) is 46.0 Å². The number of aliphatic imine (C=N–C) groups is 1. The number of amidine groups is 1. The van der Waals surface area contributed by atoms with Crippen LogP contribution in [0.5, 0.6) is 0 Å². The summed E-state index contributed by atoms with van der Waals surface area (Å²) in [7, 11) is -2.06. The molecule has 14 heteroatoms. The summed E-state index contributed by atoms with van der Waals surface area (Å²) < 4.78 is 51.3. The van der Waals surface area contributed by atoms with Crippen molar-refractivity contribution < 1.29 is 27.1 Å². The molecule has 0 saturated carbocycles. The number of morpholine rings is 1. The fourth-order valence-corrected chi connectivity index (χ4v) is 6.95. The average molecular weight is 584 g/mol. The quantitative estimate of drug-likeness (QED) is 0.476. The number of esters is 1. The van der Waals surface area contributed by atoms with Crippen molar-refractivity contribution in [1.29, 1.82) is 0 Å². The normalized spacial score (nSPS) is 26.1. The van der Waals surface area contributed by atoms with E-state index in [0.29, 0.717) is 54.7 Å². The van der Waals surface area contributed by atoms with Gasteiger partial charge in [0.15, 0.2) is 10.8 Å². The standard InChI is InChI=1S/C24H27ClFN5O5S2/c1-35-24(32)20-19(10-31-15-8-14(30-38(2,33)34)9-16(31)12-36-11-15)28-22(23-27-5-6-37-23)29-21(20)17-4-3-13(26)7-18(17)25/h3-7,14-16,21,30H,8-12H2,1-2H3,(H,28,29)/t14?,15-,16?,21?/m1/s1. The highest BCUT2D eigenvalue weighted by atomic mass is 35.5. The van der Waals surface area contributed by atoms with Crippen LogP contribution in [0.2, 0.25) is 5.02 Å². The monoisotopic (exact) mass is 583 g/mol. The van der Waals surface area contributed by atoms with E-state index in [9.17, 15) is 17.6 Å². The summed E-state index contributed by atoms with van der Waals surface area (Å²) in [6.07, 6.45) is 3.94. The van der Waals surface area contributed by atoms with Crippen LogP contribution in [-0.4, -0.2) is 81.4 Å². The highest BCUT2D eigenvalue weighted by molar-refractivity contribution is 7.88. The van der Waals surface area contributed by atoms with Gasteiger partial charge in [-0.1, -0.05) is 17.7 Å². The molecule has 0 spiro atoms. The van der Waals surface area contributed by atoms with Crippen molar-refractivity contribution in [3.8, 4) is 0 Å². The summed E-state index contributed by atoms with van der Waals surface area (Å²) in [6.45, 7) is 1.19. The van der Waals surface area contributed by atoms with Crippen molar-refractivity contribution >= 4 is 44.8 Å². The number of hydrogen-bond acceptors (Lipinski definition) is 10. The van der Waals surface area contributed by atoms with Gasteiger partial charge in [0, 0.05) is 52.5 Å². The Kier molecular flexibility index (Phi) is 7.85. The predicted molar refractivity (Wildman–Crippen MR) is 141 cm³/mol. The largest absolute Gasteiger partial charge is 0.466 e. The van der Waals surface area contributed by atoms with E-state index in [1.54, 1.807) is 6.20 Å². The molecule has 2 bridgehead atoms. The van der Waals surface area contributed by atoms with E-state index in [1.807, 2.05) is 5.38 Å². The number of carbonyl (C=O) groups is 1. The zero-order valence-electron chi connectivity index (χ0n) is 20.7. The zero-order chi connectivity index (χ0) is 27.0. The number of hydrogen-bond donors (Lipinski definition) is 2. The van der Waals surface area contributed by atoms with Crippen molar-refractivity contribution in [2.75, 3.05) is 33.1 Å². The molecule has 3 aliphatic heterocycles. The van der Waals surface area contributed by atoms with Crippen molar-refractivity contribution in [3.63, 3.8) is 0 Å². The summed E-state index contributed by atoms with van der Waals surface area (Å²) in [5.41, 5.74) is 1.28. The van der Waals surface area contributed by atoms with E-state index < -0.39 is 27.9 Å². The Balaban J connectivity index is 1.54. The molecule has 0 amide bonds. The van der Waals surface area contributed by atoms with Gasteiger partial charge >= 0.3 is 5.97 Å². The number of thiazole rings is 1. The first-order chi connectivity index (χ1) is 18.1. The van der Waals surface area contributed by atoms with E-state index in [4.69, 9.17) is 26.1 Å². The van der Waals surface area contributed by atoms with Crippen LogP contribution in [0.4, 0.5) is 4.39 Å². The van der Waals surface area contributed by atoms with E-state index in [-0.39, 0.29) is 28.7 Å². The molecule has 1 aromatic heterocycles. The number of methoxy groups -OCH3 is 1. The third kappa shape index (κ3) is 5.77. The first-order valence-corrected chi connectivity index (χ1v) is 15.1. The summed E-state index contributed by atoms with van der Waals surface area (Å²) in [5, 5.41) is 5.88. The molecular formula is C24H27ClFN5O5S2. The number of fused-ring (bicyclic) bond motifs is 2. The van der Waals surface area contributed by atoms with Crippen molar-refractivity contribution in [1.82, 2.24) is 19.9 Å². The van der Waals surface area contributed by atoms with Gasteiger partial charge in [-0.3, -0.25) is 9.89 Å². The van der Waals surface area contributed by atoms with Gasteiger partial charge < -0.3 is 14.8 Å². The van der Waals surface area contributed by atoms with Crippen LogP contribution in [0.3, 0.4) is 0 Å². The Bertz CT molecular complexity index is 1370. The van der Waals surface area contributed by atoms with E-state index in [2.05, 4.69) is 19.9 Å². The fourth-order valence-electron chi connectivity index (χ4n) is 5.30. The maximum Gasteiger partial charge on any atom is 0.338 e. The lowest BCUT2D eigenvalue weighted by Gasteiger charge is -2.49.